The number of aromatic nitrogens is 2. The van der Waals surface area contributed by atoms with Crippen LogP contribution in [0.25, 0.3) is 22.8 Å². The fourth-order valence-electron chi connectivity index (χ4n) is 4.10. The molecule has 0 aliphatic carbocycles. The molecule has 8 nitrogen and oxygen atoms in total. The summed E-state index contributed by atoms with van der Waals surface area (Å²) in [5.41, 5.74) is 2.56. The quantitative estimate of drug-likeness (QED) is 0.575. The number of nitrogens with one attached hydrogen (secondary N) is 1. The summed E-state index contributed by atoms with van der Waals surface area (Å²) >= 11 is 0. The number of amides is 1. The molecule has 3 aromatic rings. The number of hydrogen-bond donors (Lipinski definition) is 2. The van der Waals surface area contributed by atoms with Crippen LogP contribution in [0.4, 0.5) is 10.1 Å². The molecule has 1 atom stereocenters. The number of halogens is 1. The summed E-state index contributed by atoms with van der Waals surface area (Å²) in [4.78, 5) is 29.3. The molecule has 1 fully saturated rings. The zero-order valence-electron chi connectivity index (χ0n) is 18.5. The Morgan fingerprint density at radius 1 is 1.21 bits per heavy atom. The Bertz CT molecular complexity index is 1190. The maximum atomic E-state index is 14.1. The number of hydrogen-bond acceptors (Lipinski definition) is 6. The van der Waals surface area contributed by atoms with Gasteiger partial charge in [-0.25, -0.2) is 9.18 Å². The van der Waals surface area contributed by atoms with Crippen molar-refractivity contribution in [2.45, 2.75) is 45.7 Å². The van der Waals surface area contributed by atoms with Crippen LogP contribution in [-0.2, 0) is 11.3 Å². The van der Waals surface area contributed by atoms with Crippen molar-refractivity contribution < 1.29 is 23.6 Å². The molecule has 1 aromatic heterocycles. The van der Waals surface area contributed by atoms with E-state index < -0.39 is 17.3 Å². The van der Waals surface area contributed by atoms with Crippen molar-refractivity contribution >= 4 is 17.6 Å². The number of carboxylic acid groups (broad SMARTS) is 1. The summed E-state index contributed by atoms with van der Waals surface area (Å²) in [5, 5.41) is 15.8. The molecule has 4 rings (SSSR count). The Labute approximate surface area is 190 Å². The average molecular weight is 452 g/mol. The molecule has 2 aromatic carbocycles. The van der Waals surface area contributed by atoms with Crippen molar-refractivity contribution in [1.29, 1.82) is 0 Å². The third kappa shape index (κ3) is 4.87. The minimum absolute atomic E-state index is 0.120. The lowest BCUT2D eigenvalue weighted by atomic mass is 9.99. The van der Waals surface area contributed by atoms with Crippen molar-refractivity contribution in [1.82, 2.24) is 15.5 Å². The summed E-state index contributed by atoms with van der Waals surface area (Å²) in [5.74, 6) is -1.94. The molecule has 172 valence electrons. The van der Waals surface area contributed by atoms with E-state index in [1.54, 1.807) is 0 Å². The highest BCUT2D eigenvalue weighted by atomic mass is 19.1. The van der Waals surface area contributed by atoms with Crippen molar-refractivity contribution in [2.24, 2.45) is 0 Å². The smallest absolute Gasteiger partial charge is 0.338 e. The van der Waals surface area contributed by atoms with Crippen LogP contribution < -0.4 is 10.2 Å². The Morgan fingerprint density at radius 2 is 2.00 bits per heavy atom. The summed E-state index contributed by atoms with van der Waals surface area (Å²) in [7, 11) is 0. The zero-order valence-corrected chi connectivity index (χ0v) is 18.5. The van der Waals surface area contributed by atoms with E-state index in [4.69, 9.17) is 9.63 Å². The molecule has 2 heterocycles. The van der Waals surface area contributed by atoms with Crippen LogP contribution in [0.15, 0.2) is 40.9 Å². The summed E-state index contributed by atoms with van der Waals surface area (Å²) in [6.07, 6.45) is 3.44. The molecule has 1 amide bonds. The van der Waals surface area contributed by atoms with Crippen LogP contribution >= 0.6 is 0 Å². The van der Waals surface area contributed by atoms with E-state index in [1.165, 1.54) is 25.5 Å². The highest BCUT2D eigenvalue weighted by molar-refractivity contribution is 5.88. The highest BCUT2D eigenvalue weighted by Gasteiger charge is 2.22. The third-order valence-corrected chi connectivity index (χ3v) is 5.85. The van der Waals surface area contributed by atoms with Crippen LogP contribution in [0.2, 0.25) is 0 Å². The largest absolute Gasteiger partial charge is 0.478 e. The summed E-state index contributed by atoms with van der Waals surface area (Å²) in [6, 6.07) is 9.88. The van der Waals surface area contributed by atoms with E-state index in [0.29, 0.717) is 23.7 Å². The number of carbonyl (C=O) groups excluding carboxylic acids is 1. The molecule has 2 N–H and O–H groups in total. The molecule has 0 radical (unpaired) electrons. The SMILES string of the molecule is CC(=O)NCc1cc(-c2nc(-c3ccc(C(=O)O)c(F)c3)no2)ccc1N1CCCCC1C. The van der Waals surface area contributed by atoms with Gasteiger partial charge < -0.3 is 19.8 Å². The predicted octanol–water partition coefficient (Wildman–Crippen LogP) is 4.26. The van der Waals surface area contributed by atoms with Crippen LogP contribution in [0.3, 0.4) is 0 Å². The van der Waals surface area contributed by atoms with Gasteiger partial charge in [-0.1, -0.05) is 5.16 Å². The Balaban J connectivity index is 1.66. The Kier molecular flexibility index (Phi) is 6.39. The molecule has 33 heavy (non-hydrogen) atoms. The number of aromatic carboxylic acids is 1. The lowest BCUT2D eigenvalue weighted by Gasteiger charge is -2.36. The van der Waals surface area contributed by atoms with Gasteiger partial charge in [0.25, 0.3) is 5.89 Å². The van der Waals surface area contributed by atoms with E-state index in [2.05, 4.69) is 27.3 Å². The monoisotopic (exact) mass is 452 g/mol. The predicted molar refractivity (Wildman–Crippen MR) is 120 cm³/mol. The maximum absolute atomic E-state index is 14.1. The second kappa shape index (κ2) is 9.40. The maximum Gasteiger partial charge on any atom is 0.338 e. The van der Waals surface area contributed by atoms with Gasteiger partial charge in [0.1, 0.15) is 5.82 Å². The minimum Gasteiger partial charge on any atom is -0.478 e. The van der Waals surface area contributed by atoms with Gasteiger partial charge in [0, 0.05) is 42.9 Å². The normalized spacial score (nSPS) is 16.0. The van der Waals surface area contributed by atoms with E-state index in [9.17, 15) is 14.0 Å². The average Bonchev–Trinajstić information content (AvgIpc) is 3.28. The molecular formula is C24H25FN4O4. The van der Waals surface area contributed by atoms with Gasteiger partial charge >= 0.3 is 5.97 Å². The van der Waals surface area contributed by atoms with Gasteiger partial charge in [0.2, 0.25) is 11.7 Å². The molecule has 0 spiro atoms. The molecule has 0 saturated carbocycles. The number of benzene rings is 2. The zero-order chi connectivity index (χ0) is 23.5. The molecule has 9 heteroatoms. The van der Waals surface area contributed by atoms with Crippen molar-refractivity contribution in [2.75, 3.05) is 11.4 Å². The molecule has 1 saturated heterocycles. The number of piperidine rings is 1. The third-order valence-electron chi connectivity index (χ3n) is 5.85. The van der Waals surface area contributed by atoms with Gasteiger partial charge in [0.15, 0.2) is 0 Å². The molecule has 1 aliphatic rings. The number of carboxylic acids is 1. The summed E-state index contributed by atoms with van der Waals surface area (Å²) in [6.45, 7) is 5.00. The number of rotatable bonds is 6. The van der Waals surface area contributed by atoms with Crippen molar-refractivity contribution in [3.8, 4) is 22.8 Å². The summed E-state index contributed by atoms with van der Waals surface area (Å²) < 4.78 is 19.5. The van der Waals surface area contributed by atoms with Gasteiger partial charge in [-0.15, -0.1) is 0 Å². The van der Waals surface area contributed by atoms with Crippen LogP contribution in [0, 0.1) is 5.82 Å². The lowest BCUT2D eigenvalue weighted by Crippen LogP contribution is -2.38. The van der Waals surface area contributed by atoms with Gasteiger partial charge in [-0.05, 0) is 68.1 Å². The Morgan fingerprint density at radius 3 is 2.70 bits per heavy atom. The first-order chi connectivity index (χ1) is 15.8. The second-order valence-electron chi connectivity index (χ2n) is 8.21. The fraction of sp³-hybridized carbons (Fsp3) is 0.333. The van der Waals surface area contributed by atoms with Gasteiger partial charge in [0.05, 0.1) is 5.56 Å². The van der Waals surface area contributed by atoms with Crippen LogP contribution in [-0.4, -0.2) is 39.7 Å². The van der Waals surface area contributed by atoms with E-state index in [-0.39, 0.29) is 17.6 Å². The van der Waals surface area contributed by atoms with Crippen molar-refractivity contribution in [3.63, 3.8) is 0 Å². The number of anilines is 1. The van der Waals surface area contributed by atoms with Gasteiger partial charge in [-0.2, -0.15) is 4.98 Å². The highest BCUT2D eigenvalue weighted by Crippen LogP contribution is 2.32. The number of carbonyl (C=O) groups is 2. The molecule has 1 aliphatic heterocycles. The van der Waals surface area contributed by atoms with E-state index in [0.717, 1.165) is 36.7 Å². The first-order valence-corrected chi connectivity index (χ1v) is 10.8. The topological polar surface area (TPSA) is 109 Å². The molecule has 0 bridgehead atoms. The standard InChI is InChI=1S/C24H25FN4O4/c1-14-5-3-4-10-29(14)21-9-7-17(11-18(21)13-26-15(2)30)23-27-22(28-33-23)16-6-8-19(24(31)32)20(25)12-16/h6-9,11-12,14H,3-5,10,13H2,1-2H3,(H,26,30)(H,31,32). The van der Waals surface area contributed by atoms with Gasteiger partial charge in [-0.3, -0.25) is 4.79 Å². The second-order valence-corrected chi connectivity index (χ2v) is 8.21. The molecular weight excluding hydrogens is 427 g/mol. The van der Waals surface area contributed by atoms with Crippen molar-refractivity contribution in [3.05, 3.63) is 53.3 Å². The first-order valence-electron chi connectivity index (χ1n) is 10.8. The molecule has 1 unspecified atom stereocenters. The van der Waals surface area contributed by atoms with Crippen LogP contribution in [0.5, 0.6) is 0 Å². The van der Waals surface area contributed by atoms with Crippen LogP contribution in [0.1, 0.15) is 49.0 Å². The minimum atomic E-state index is -1.34. The first kappa shape index (κ1) is 22.4. The fourth-order valence-corrected chi connectivity index (χ4v) is 4.10. The van der Waals surface area contributed by atoms with E-state index in [1.807, 2.05) is 18.2 Å². The lowest BCUT2D eigenvalue weighted by molar-refractivity contribution is -0.119. The van der Waals surface area contributed by atoms with E-state index >= 15 is 0 Å². The Hall–Kier alpha value is -3.75. The number of nitrogens with zero attached hydrogens (tertiary/aromatic N) is 3.